The summed E-state index contributed by atoms with van der Waals surface area (Å²) in [5, 5.41) is 3.15. The molecule has 6 nitrogen and oxygen atoms in total. The minimum atomic E-state index is -3.89. The van der Waals surface area contributed by atoms with E-state index in [1.165, 1.54) is 23.4 Å². The first-order valence-electron chi connectivity index (χ1n) is 9.08. The molecule has 8 heteroatoms. The molecule has 0 aromatic heterocycles. The number of carbonyl (C=O) groups is 1. The monoisotopic (exact) mass is 444 g/mol. The summed E-state index contributed by atoms with van der Waals surface area (Å²) in [7, 11) is -2.35. The van der Waals surface area contributed by atoms with Crippen molar-refractivity contribution in [1.29, 1.82) is 0 Å². The maximum Gasteiger partial charge on any atom is 0.264 e. The predicted molar refractivity (Wildman–Crippen MR) is 119 cm³/mol. The number of nitrogens with one attached hydrogen (secondary N) is 1. The molecule has 0 unspecified atom stereocenters. The zero-order valence-electron chi connectivity index (χ0n) is 16.5. The molecule has 0 heterocycles. The molecular formula is C22H21ClN2O4S. The summed E-state index contributed by atoms with van der Waals surface area (Å²) in [6.45, 7) is 1.49. The predicted octanol–water partition coefficient (Wildman–Crippen LogP) is 4.70. The Kier molecular flexibility index (Phi) is 6.64. The van der Waals surface area contributed by atoms with Crippen LogP contribution in [0.25, 0.3) is 0 Å². The van der Waals surface area contributed by atoms with Gasteiger partial charge in [-0.3, -0.25) is 9.10 Å². The highest BCUT2D eigenvalue weighted by atomic mass is 35.5. The summed E-state index contributed by atoms with van der Waals surface area (Å²) in [4.78, 5) is 11.3. The van der Waals surface area contributed by atoms with Crippen molar-refractivity contribution in [3.63, 3.8) is 0 Å². The molecule has 0 aliphatic rings. The van der Waals surface area contributed by atoms with Crippen LogP contribution in [0.4, 0.5) is 11.4 Å². The van der Waals surface area contributed by atoms with E-state index in [0.717, 1.165) is 5.56 Å². The second kappa shape index (κ2) is 9.19. The number of ether oxygens (including phenoxy) is 1. The fourth-order valence-corrected chi connectivity index (χ4v) is 4.57. The number of halogens is 1. The first-order valence-corrected chi connectivity index (χ1v) is 10.9. The number of anilines is 2. The van der Waals surface area contributed by atoms with Crippen LogP contribution in [-0.2, 0) is 21.4 Å². The van der Waals surface area contributed by atoms with E-state index in [1.54, 1.807) is 61.7 Å². The van der Waals surface area contributed by atoms with Crippen molar-refractivity contribution in [3.05, 3.63) is 83.4 Å². The molecule has 0 spiro atoms. The summed E-state index contributed by atoms with van der Waals surface area (Å²) in [6.07, 6.45) is 0. The molecule has 1 amide bonds. The quantitative estimate of drug-likeness (QED) is 0.573. The molecule has 0 aliphatic heterocycles. The van der Waals surface area contributed by atoms with E-state index >= 15 is 0 Å². The first kappa shape index (κ1) is 21.7. The van der Waals surface area contributed by atoms with Crippen LogP contribution in [0.3, 0.4) is 0 Å². The van der Waals surface area contributed by atoms with Crippen LogP contribution in [0.1, 0.15) is 12.5 Å². The molecular weight excluding hydrogens is 424 g/mol. The van der Waals surface area contributed by atoms with E-state index in [1.807, 2.05) is 6.07 Å². The van der Waals surface area contributed by atoms with Crippen LogP contribution in [0.2, 0.25) is 5.02 Å². The topological polar surface area (TPSA) is 75.7 Å². The van der Waals surface area contributed by atoms with E-state index in [4.69, 9.17) is 16.3 Å². The van der Waals surface area contributed by atoms with Gasteiger partial charge >= 0.3 is 0 Å². The van der Waals surface area contributed by atoms with Gasteiger partial charge in [0.25, 0.3) is 10.0 Å². The lowest BCUT2D eigenvalue weighted by atomic mass is 10.2. The van der Waals surface area contributed by atoms with Crippen molar-refractivity contribution in [2.24, 2.45) is 0 Å². The van der Waals surface area contributed by atoms with Crippen molar-refractivity contribution < 1.29 is 17.9 Å². The number of benzene rings is 3. The van der Waals surface area contributed by atoms with Gasteiger partial charge in [0.2, 0.25) is 5.91 Å². The molecule has 0 saturated carbocycles. The Labute approximate surface area is 181 Å². The number of amides is 1. The number of hydrogen-bond donors (Lipinski definition) is 1. The molecule has 3 rings (SSSR count). The van der Waals surface area contributed by atoms with Crippen molar-refractivity contribution in [2.45, 2.75) is 18.4 Å². The van der Waals surface area contributed by atoms with Crippen molar-refractivity contribution in [3.8, 4) is 5.75 Å². The highest BCUT2D eigenvalue weighted by molar-refractivity contribution is 7.92. The van der Waals surface area contributed by atoms with Crippen LogP contribution in [0.5, 0.6) is 5.75 Å². The van der Waals surface area contributed by atoms with Gasteiger partial charge in [0, 0.05) is 17.6 Å². The van der Waals surface area contributed by atoms with Gasteiger partial charge in [0.15, 0.2) is 0 Å². The molecule has 0 bridgehead atoms. The fraction of sp³-hybridized carbons (Fsp3) is 0.136. The van der Waals surface area contributed by atoms with Gasteiger partial charge in [-0.1, -0.05) is 23.7 Å². The van der Waals surface area contributed by atoms with Crippen LogP contribution >= 0.6 is 11.6 Å². The number of carbonyl (C=O) groups excluding carboxylic acids is 1. The van der Waals surface area contributed by atoms with E-state index in [9.17, 15) is 13.2 Å². The Morgan fingerprint density at radius 1 is 1.03 bits per heavy atom. The molecule has 30 heavy (non-hydrogen) atoms. The van der Waals surface area contributed by atoms with E-state index < -0.39 is 10.0 Å². The van der Waals surface area contributed by atoms with Gasteiger partial charge in [-0.05, 0) is 66.2 Å². The Bertz CT molecular complexity index is 1130. The van der Waals surface area contributed by atoms with Gasteiger partial charge in [-0.15, -0.1) is 0 Å². The van der Waals surface area contributed by atoms with Crippen LogP contribution in [0, 0.1) is 0 Å². The normalized spacial score (nSPS) is 11.0. The number of sulfonamides is 1. The standard InChI is InChI=1S/C22H21ClN2O4S/c1-16(26)24-19-6-12-22(13-7-19)30(27,28)25(15-17-4-3-5-18(23)14-17)20-8-10-21(29-2)11-9-20/h3-14H,15H2,1-2H3,(H,24,26). The molecule has 0 aliphatic carbocycles. The van der Waals surface area contributed by atoms with Gasteiger partial charge in [0.05, 0.1) is 24.2 Å². The minimum Gasteiger partial charge on any atom is -0.497 e. The third-order valence-electron chi connectivity index (χ3n) is 4.34. The average molecular weight is 445 g/mol. The van der Waals surface area contributed by atoms with Crippen LogP contribution in [-0.4, -0.2) is 21.4 Å². The molecule has 0 fully saturated rings. The molecule has 0 radical (unpaired) electrons. The second-order valence-electron chi connectivity index (χ2n) is 6.55. The van der Waals surface area contributed by atoms with Crippen molar-refractivity contribution in [2.75, 3.05) is 16.7 Å². The Hall–Kier alpha value is -3.03. The molecule has 0 saturated heterocycles. The number of nitrogens with zero attached hydrogens (tertiary/aromatic N) is 1. The summed E-state index contributed by atoms with van der Waals surface area (Å²) in [5.41, 5.74) is 1.76. The molecule has 0 atom stereocenters. The lowest BCUT2D eigenvalue weighted by Crippen LogP contribution is -2.30. The maximum atomic E-state index is 13.5. The fourth-order valence-electron chi connectivity index (χ4n) is 2.91. The molecule has 1 N–H and O–H groups in total. The van der Waals surface area contributed by atoms with Crippen LogP contribution < -0.4 is 14.4 Å². The second-order valence-corrected chi connectivity index (χ2v) is 8.84. The van der Waals surface area contributed by atoms with E-state index in [-0.39, 0.29) is 17.3 Å². The third kappa shape index (κ3) is 5.11. The minimum absolute atomic E-state index is 0.0999. The first-order chi connectivity index (χ1) is 14.3. The Balaban J connectivity index is 2.01. The summed E-state index contributed by atoms with van der Waals surface area (Å²) in [5.74, 6) is 0.393. The average Bonchev–Trinajstić information content (AvgIpc) is 2.72. The zero-order chi connectivity index (χ0) is 21.7. The number of rotatable bonds is 7. The van der Waals surface area contributed by atoms with E-state index in [0.29, 0.717) is 22.1 Å². The van der Waals surface area contributed by atoms with Gasteiger partial charge in [0.1, 0.15) is 5.75 Å². The largest absolute Gasteiger partial charge is 0.497 e. The lowest BCUT2D eigenvalue weighted by Gasteiger charge is -2.25. The molecule has 156 valence electrons. The van der Waals surface area contributed by atoms with Crippen molar-refractivity contribution >= 4 is 38.9 Å². The zero-order valence-corrected chi connectivity index (χ0v) is 18.1. The number of hydrogen-bond acceptors (Lipinski definition) is 4. The third-order valence-corrected chi connectivity index (χ3v) is 6.36. The summed E-state index contributed by atoms with van der Waals surface area (Å²) >= 11 is 6.09. The molecule has 3 aromatic carbocycles. The Morgan fingerprint density at radius 3 is 2.27 bits per heavy atom. The van der Waals surface area contributed by atoms with Gasteiger partial charge in [-0.25, -0.2) is 8.42 Å². The number of methoxy groups -OCH3 is 1. The highest BCUT2D eigenvalue weighted by Crippen LogP contribution is 2.29. The van der Waals surface area contributed by atoms with Gasteiger partial charge < -0.3 is 10.1 Å². The Morgan fingerprint density at radius 2 is 1.70 bits per heavy atom. The summed E-state index contributed by atoms with van der Waals surface area (Å²) < 4.78 is 33.5. The maximum absolute atomic E-state index is 13.5. The molecule has 3 aromatic rings. The van der Waals surface area contributed by atoms with Crippen molar-refractivity contribution in [1.82, 2.24) is 0 Å². The lowest BCUT2D eigenvalue weighted by molar-refractivity contribution is -0.114. The smallest absolute Gasteiger partial charge is 0.264 e. The van der Waals surface area contributed by atoms with E-state index in [2.05, 4.69) is 5.32 Å². The highest BCUT2D eigenvalue weighted by Gasteiger charge is 2.25. The SMILES string of the molecule is COc1ccc(N(Cc2cccc(Cl)c2)S(=O)(=O)c2ccc(NC(C)=O)cc2)cc1. The summed E-state index contributed by atoms with van der Waals surface area (Å²) in [6, 6.07) is 19.9. The van der Waals surface area contributed by atoms with Crippen LogP contribution in [0.15, 0.2) is 77.7 Å². The van der Waals surface area contributed by atoms with Gasteiger partial charge in [-0.2, -0.15) is 0 Å².